The summed E-state index contributed by atoms with van der Waals surface area (Å²) in [6.45, 7) is 2.71. The Kier molecular flexibility index (Phi) is 5.80. The van der Waals surface area contributed by atoms with Crippen molar-refractivity contribution in [2.24, 2.45) is 0 Å². The normalized spacial score (nSPS) is 11.1. The van der Waals surface area contributed by atoms with Crippen LogP contribution in [0.15, 0.2) is 48.5 Å². The lowest BCUT2D eigenvalue weighted by Crippen LogP contribution is -2.00. The van der Waals surface area contributed by atoms with Crippen molar-refractivity contribution >= 4 is 17.6 Å². The zero-order valence-electron chi connectivity index (χ0n) is 13.3. The quantitative estimate of drug-likeness (QED) is 0.617. The highest BCUT2D eigenvalue weighted by atomic mass is 16.5. The molecule has 0 atom stereocenters. The maximum Gasteiger partial charge on any atom is 0.336 e. The van der Waals surface area contributed by atoms with Crippen molar-refractivity contribution in [2.75, 3.05) is 13.7 Å². The second-order valence-electron chi connectivity index (χ2n) is 5.01. The van der Waals surface area contributed by atoms with Crippen LogP contribution in [0.2, 0.25) is 0 Å². The third kappa shape index (κ3) is 4.61. The molecule has 0 bridgehead atoms. The molecule has 2 rings (SSSR count). The largest absolute Gasteiger partial charge is 0.497 e. The van der Waals surface area contributed by atoms with Crippen molar-refractivity contribution in [3.8, 4) is 11.5 Å². The van der Waals surface area contributed by atoms with E-state index in [2.05, 4.69) is 0 Å². The lowest BCUT2D eigenvalue weighted by molar-refractivity contribution is -0.130. The minimum absolute atomic E-state index is 0.214. The van der Waals surface area contributed by atoms with Gasteiger partial charge >= 0.3 is 5.97 Å². The molecule has 0 radical (unpaired) electrons. The third-order valence-corrected chi connectivity index (χ3v) is 3.28. The van der Waals surface area contributed by atoms with Crippen LogP contribution in [-0.4, -0.2) is 24.8 Å². The number of methoxy groups -OCH3 is 1. The molecule has 0 saturated carbocycles. The van der Waals surface area contributed by atoms with Gasteiger partial charge in [-0.1, -0.05) is 31.2 Å². The van der Waals surface area contributed by atoms with Crippen LogP contribution < -0.4 is 9.47 Å². The maximum absolute atomic E-state index is 11.6. The first-order valence-corrected chi connectivity index (χ1v) is 7.46. The van der Waals surface area contributed by atoms with Gasteiger partial charge in [0.2, 0.25) is 0 Å². The molecule has 0 amide bonds. The van der Waals surface area contributed by atoms with Crippen molar-refractivity contribution in [2.45, 2.75) is 13.3 Å². The fourth-order valence-electron chi connectivity index (χ4n) is 2.11. The summed E-state index contributed by atoms with van der Waals surface area (Å²) in [5.74, 6) is 0.421. The van der Waals surface area contributed by atoms with Gasteiger partial charge in [0, 0.05) is 0 Å². The Hall–Kier alpha value is -2.75. The Bertz CT molecular complexity index is 687. The number of benzene rings is 2. The highest BCUT2D eigenvalue weighted by molar-refractivity contribution is 6.20. The Morgan fingerprint density at radius 1 is 1.13 bits per heavy atom. The topological polar surface area (TPSA) is 55.8 Å². The van der Waals surface area contributed by atoms with Gasteiger partial charge in [-0.05, 0) is 47.9 Å². The van der Waals surface area contributed by atoms with E-state index in [9.17, 15) is 9.90 Å². The van der Waals surface area contributed by atoms with Gasteiger partial charge in [-0.3, -0.25) is 0 Å². The van der Waals surface area contributed by atoms with E-state index in [0.29, 0.717) is 17.9 Å². The Morgan fingerprint density at radius 2 is 1.87 bits per heavy atom. The number of hydrogen-bond donors (Lipinski definition) is 1. The van der Waals surface area contributed by atoms with E-state index < -0.39 is 5.97 Å². The molecule has 0 aliphatic heterocycles. The van der Waals surface area contributed by atoms with Crippen LogP contribution in [-0.2, 0) is 4.79 Å². The first kappa shape index (κ1) is 16.6. The Balaban J connectivity index is 2.29. The summed E-state index contributed by atoms with van der Waals surface area (Å²) < 4.78 is 10.7. The zero-order valence-corrected chi connectivity index (χ0v) is 13.3. The predicted molar refractivity (Wildman–Crippen MR) is 90.7 cm³/mol. The van der Waals surface area contributed by atoms with Gasteiger partial charge in [0.25, 0.3) is 0 Å². The van der Waals surface area contributed by atoms with Crippen LogP contribution in [0.3, 0.4) is 0 Å². The lowest BCUT2D eigenvalue weighted by Gasteiger charge is -2.07. The molecule has 0 heterocycles. The second kappa shape index (κ2) is 8.03. The van der Waals surface area contributed by atoms with Gasteiger partial charge in [0.15, 0.2) is 0 Å². The molecule has 4 heteroatoms. The third-order valence-electron chi connectivity index (χ3n) is 3.28. The van der Waals surface area contributed by atoms with E-state index in [0.717, 1.165) is 17.7 Å². The van der Waals surface area contributed by atoms with E-state index in [4.69, 9.17) is 9.47 Å². The van der Waals surface area contributed by atoms with Crippen LogP contribution >= 0.6 is 0 Å². The van der Waals surface area contributed by atoms with Gasteiger partial charge in [0.1, 0.15) is 11.5 Å². The van der Waals surface area contributed by atoms with Crippen LogP contribution in [0.4, 0.5) is 0 Å². The molecule has 0 spiro atoms. The number of carboxylic acid groups (broad SMARTS) is 1. The summed E-state index contributed by atoms with van der Waals surface area (Å²) in [5.41, 5.74) is 1.61. The Morgan fingerprint density at radius 3 is 2.48 bits per heavy atom. The molecule has 2 aromatic rings. The van der Waals surface area contributed by atoms with E-state index >= 15 is 0 Å². The number of ether oxygens (including phenoxy) is 2. The number of hydrogen-bond acceptors (Lipinski definition) is 3. The van der Waals surface area contributed by atoms with Crippen LogP contribution in [0.25, 0.3) is 11.6 Å². The van der Waals surface area contributed by atoms with Gasteiger partial charge in [-0.2, -0.15) is 0 Å². The number of carboxylic acids is 1. The summed E-state index contributed by atoms with van der Waals surface area (Å²) in [7, 11) is 1.55. The standard InChI is InChI=1S/C19H20O4/c1-3-11-23-16-9-7-14(8-10-16)12-18(19(20)21)15-5-4-6-17(13-15)22-2/h4-10,12-13H,3,11H2,1-2H3,(H,20,21)/b18-12-. The highest BCUT2D eigenvalue weighted by Crippen LogP contribution is 2.23. The summed E-state index contributed by atoms with van der Waals surface area (Å²) in [4.78, 5) is 11.6. The first-order valence-electron chi connectivity index (χ1n) is 7.46. The fourth-order valence-corrected chi connectivity index (χ4v) is 2.11. The van der Waals surface area contributed by atoms with Crippen LogP contribution in [0.1, 0.15) is 24.5 Å². The molecule has 2 aromatic carbocycles. The van der Waals surface area contributed by atoms with Gasteiger partial charge in [-0.25, -0.2) is 4.79 Å². The van der Waals surface area contributed by atoms with Crippen molar-refractivity contribution in [1.29, 1.82) is 0 Å². The monoisotopic (exact) mass is 312 g/mol. The molecule has 23 heavy (non-hydrogen) atoms. The van der Waals surface area contributed by atoms with E-state index in [-0.39, 0.29) is 5.57 Å². The van der Waals surface area contributed by atoms with Crippen LogP contribution in [0, 0.1) is 0 Å². The molecule has 120 valence electrons. The smallest absolute Gasteiger partial charge is 0.336 e. The second-order valence-corrected chi connectivity index (χ2v) is 5.01. The molecule has 0 saturated heterocycles. The SMILES string of the molecule is CCCOc1ccc(/C=C(\C(=O)O)c2cccc(OC)c2)cc1. The lowest BCUT2D eigenvalue weighted by atomic mass is 10.0. The first-order chi connectivity index (χ1) is 11.1. The van der Waals surface area contributed by atoms with Crippen molar-refractivity contribution in [3.05, 3.63) is 59.7 Å². The number of carbonyl (C=O) groups is 1. The Labute approximate surface area is 136 Å². The highest BCUT2D eigenvalue weighted by Gasteiger charge is 2.11. The van der Waals surface area contributed by atoms with Gasteiger partial charge in [0.05, 0.1) is 19.3 Å². The van der Waals surface area contributed by atoms with Crippen LogP contribution in [0.5, 0.6) is 11.5 Å². The summed E-state index contributed by atoms with van der Waals surface area (Å²) in [6.07, 6.45) is 2.58. The number of rotatable bonds is 7. The molecular weight excluding hydrogens is 292 g/mol. The average Bonchev–Trinajstić information content (AvgIpc) is 2.58. The molecular formula is C19H20O4. The molecule has 0 aliphatic rings. The molecule has 0 aliphatic carbocycles. The summed E-state index contributed by atoms with van der Waals surface area (Å²) in [6, 6.07) is 14.4. The van der Waals surface area contributed by atoms with E-state index in [1.54, 1.807) is 37.5 Å². The minimum atomic E-state index is -0.982. The van der Waals surface area contributed by atoms with Gasteiger partial charge in [-0.15, -0.1) is 0 Å². The molecule has 1 N–H and O–H groups in total. The molecule has 4 nitrogen and oxygen atoms in total. The fraction of sp³-hybridized carbons (Fsp3) is 0.211. The minimum Gasteiger partial charge on any atom is -0.497 e. The van der Waals surface area contributed by atoms with Crippen molar-refractivity contribution < 1.29 is 19.4 Å². The zero-order chi connectivity index (χ0) is 16.7. The maximum atomic E-state index is 11.6. The summed E-state index contributed by atoms with van der Waals surface area (Å²) in [5, 5.41) is 9.49. The molecule has 0 fully saturated rings. The predicted octanol–water partition coefficient (Wildman–Crippen LogP) is 4.11. The molecule has 0 unspecified atom stereocenters. The molecule has 0 aromatic heterocycles. The summed E-state index contributed by atoms with van der Waals surface area (Å²) >= 11 is 0. The number of aliphatic carboxylic acids is 1. The van der Waals surface area contributed by atoms with E-state index in [1.165, 1.54) is 0 Å². The van der Waals surface area contributed by atoms with E-state index in [1.807, 2.05) is 31.2 Å². The van der Waals surface area contributed by atoms with Crippen molar-refractivity contribution in [1.82, 2.24) is 0 Å². The van der Waals surface area contributed by atoms with Crippen molar-refractivity contribution in [3.63, 3.8) is 0 Å². The van der Waals surface area contributed by atoms with Gasteiger partial charge < -0.3 is 14.6 Å². The average molecular weight is 312 g/mol.